The number of ether oxygens (including phenoxy) is 1. The first-order valence-corrected chi connectivity index (χ1v) is 7.77. The molecule has 1 heterocycles. The Morgan fingerprint density at radius 1 is 1.15 bits per heavy atom. The van der Waals surface area contributed by atoms with Crippen molar-refractivity contribution in [3.05, 3.63) is 0 Å². The zero-order valence-electron chi connectivity index (χ0n) is 14.1. The molecule has 1 fully saturated rings. The number of likely N-dealkylation sites (tertiary alicyclic amines) is 1. The Morgan fingerprint density at radius 3 is 2.15 bits per heavy atom. The number of carbonyl (C=O) groups excluding carboxylic acids is 1. The van der Waals surface area contributed by atoms with Gasteiger partial charge in [-0.1, -0.05) is 20.8 Å². The summed E-state index contributed by atoms with van der Waals surface area (Å²) >= 11 is 0. The predicted octanol–water partition coefficient (Wildman–Crippen LogP) is 3.41. The molecule has 118 valence electrons. The molecule has 0 spiro atoms. The third-order valence-corrected chi connectivity index (χ3v) is 3.49. The average molecular weight is 284 g/mol. The highest BCUT2D eigenvalue weighted by Gasteiger charge is 2.24. The van der Waals surface area contributed by atoms with E-state index in [-0.39, 0.29) is 12.1 Å². The second-order valence-electron chi connectivity index (χ2n) is 8.07. The maximum absolute atomic E-state index is 11.7. The number of hydrogen-bond acceptors (Lipinski definition) is 3. The normalized spacial score (nSPS) is 18.9. The van der Waals surface area contributed by atoms with E-state index in [4.69, 9.17) is 4.74 Å². The van der Waals surface area contributed by atoms with Crippen LogP contribution in [-0.2, 0) is 4.74 Å². The second kappa shape index (κ2) is 6.79. The van der Waals surface area contributed by atoms with E-state index in [1.54, 1.807) is 0 Å². The van der Waals surface area contributed by atoms with Crippen molar-refractivity contribution < 1.29 is 9.53 Å². The second-order valence-corrected chi connectivity index (χ2v) is 8.07. The van der Waals surface area contributed by atoms with Gasteiger partial charge in [-0.05, 0) is 52.0 Å². The Bertz CT molecular complexity index is 307. The van der Waals surface area contributed by atoms with Gasteiger partial charge in [-0.3, -0.25) is 0 Å². The van der Waals surface area contributed by atoms with Crippen molar-refractivity contribution in [3.8, 4) is 0 Å². The van der Waals surface area contributed by atoms with E-state index in [0.29, 0.717) is 5.41 Å². The predicted molar refractivity (Wildman–Crippen MR) is 82.9 cm³/mol. The first-order valence-electron chi connectivity index (χ1n) is 7.77. The molecule has 0 bridgehead atoms. The van der Waals surface area contributed by atoms with E-state index < -0.39 is 5.60 Å². The monoisotopic (exact) mass is 284 g/mol. The van der Waals surface area contributed by atoms with Crippen molar-refractivity contribution >= 4 is 6.09 Å². The van der Waals surface area contributed by atoms with Gasteiger partial charge in [0.15, 0.2) is 0 Å². The van der Waals surface area contributed by atoms with Crippen molar-refractivity contribution in [1.29, 1.82) is 0 Å². The summed E-state index contributed by atoms with van der Waals surface area (Å²) in [5.41, 5.74) is -0.0247. The number of nitrogens with one attached hydrogen (secondary N) is 1. The lowest BCUT2D eigenvalue weighted by Crippen LogP contribution is -2.46. The van der Waals surface area contributed by atoms with Crippen LogP contribution in [0.15, 0.2) is 0 Å². The highest BCUT2D eigenvalue weighted by atomic mass is 16.6. The number of carbonyl (C=O) groups is 1. The topological polar surface area (TPSA) is 41.6 Å². The van der Waals surface area contributed by atoms with Crippen molar-refractivity contribution in [2.24, 2.45) is 5.41 Å². The van der Waals surface area contributed by atoms with Crippen LogP contribution in [0.3, 0.4) is 0 Å². The summed E-state index contributed by atoms with van der Waals surface area (Å²) in [5, 5.41) is 2.98. The maximum Gasteiger partial charge on any atom is 0.407 e. The molecule has 1 aliphatic rings. The van der Waals surface area contributed by atoms with Gasteiger partial charge in [0.05, 0.1) is 0 Å². The number of hydrogen-bond donors (Lipinski definition) is 1. The molecule has 0 aromatic carbocycles. The lowest BCUT2D eigenvalue weighted by molar-refractivity contribution is 0.0477. The highest BCUT2D eigenvalue weighted by Crippen LogP contribution is 2.20. The summed E-state index contributed by atoms with van der Waals surface area (Å²) in [7, 11) is 0. The Labute approximate surface area is 124 Å². The Hall–Kier alpha value is -0.770. The molecule has 0 aromatic rings. The minimum atomic E-state index is -0.419. The Balaban J connectivity index is 2.24. The largest absolute Gasteiger partial charge is 0.444 e. The zero-order valence-corrected chi connectivity index (χ0v) is 14.1. The lowest BCUT2D eigenvalue weighted by Gasteiger charge is -2.34. The number of rotatable bonds is 3. The molecule has 4 heteroatoms. The molecule has 0 radical (unpaired) electrons. The van der Waals surface area contributed by atoms with E-state index in [2.05, 4.69) is 31.0 Å². The molecule has 1 saturated heterocycles. The molecular formula is C16H32N2O2. The van der Waals surface area contributed by atoms with Crippen LogP contribution in [0.5, 0.6) is 0 Å². The molecule has 1 N–H and O–H groups in total. The van der Waals surface area contributed by atoms with Gasteiger partial charge in [-0.15, -0.1) is 0 Å². The van der Waals surface area contributed by atoms with Crippen LogP contribution in [0, 0.1) is 5.41 Å². The number of piperidine rings is 1. The standard InChI is InChI=1S/C16H32N2O2/c1-15(2,3)9-12-18-10-7-13(8-11-18)17-14(19)20-16(4,5)6/h13H,7-12H2,1-6H3,(H,17,19). The average Bonchev–Trinajstić information content (AvgIpc) is 2.24. The summed E-state index contributed by atoms with van der Waals surface area (Å²) in [5.74, 6) is 0. The fourth-order valence-electron chi connectivity index (χ4n) is 2.27. The molecular weight excluding hydrogens is 252 g/mol. The van der Waals surface area contributed by atoms with E-state index in [0.717, 1.165) is 32.5 Å². The molecule has 1 aliphatic heterocycles. The lowest BCUT2D eigenvalue weighted by atomic mass is 9.91. The summed E-state index contributed by atoms with van der Waals surface area (Å²) in [4.78, 5) is 14.2. The summed E-state index contributed by atoms with van der Waals surface area (Å²) in [6.07, 6.45) is 2.97. The van der Waals surface area contributed by atoms with Crippen LogP contribution in [0.1, 0.15) is 60.8 Å². The van der Waals surface area contributed by atoms with Gasteiger partial charge in [0.1, 0.15) is 5.60 Å². The zero-order chi connectivity index (χ0) is 15.4. The number of amides is 1. The van der Waals surface area contributed by atoms with Gasteiger partial charge in [-0.2, -0.15) is 0 Å². The summed E-state index contributed by atoms with van der Waals surface area (Å²) < 4.78 is 5.30. The van der Waals surface area contributed by atoms with E-state index >= 15 is 0 Å². The van der Waals surface area contributed by atoms with E-state index in [1.165, 1.54) is 6.42 Å². The van der Waals surface area contributed by atoms with Gasteiger partial charge >= 0.3 is 6.09 Å². The molecule has 1 amide bonds. The van der Waals surface area contributed by atoms with Crippen LogP contribution >= 0.6 is 0 Å². The van der Waals surface area contributed by atoms with Gasteiger partial charge in [0, 0.05) is 19.1 Å². The fourth-order valence-corrected chi connectivity index (χ4v) is 2.27. The van der Waals surface area contributed by atoms with E-state index in [1.807, 2.05) is 20.8 Å². The van der Waals surface area contributed by atoms with Gasteiger partial charge in [0.2, 0.25) is 0 Å². The van der Waals surface area contributed by atoms with Crippen molar-refractivity contribution in [1.82, 2.24) is 10.2 Å². The highest BCUT2D eigenvalue weighted by molar-refractivity contribution is 5.68. The molecule has 0 aliphatic carbocycles. The molecule has 0 saturated carbocycles. The van der Waals surface area contributed by atoms with Gasteiger partial charge in [-0.25, -0.2) is 4.79 Å². The minimum Gasteiger partial charge on any atom is -0.444 e. The molecule has 0 atom stereocenters. The molecule has 20 heavy (non-hydrogen) atoms. The van der Waals surface area contributed by atoms with Gasteiger partial charge in [0.25, 0.3) is 0 Å². The van der Waals surface area contributed by atoms with Crippen LogP contribution in [0.2, 0.25) is 0 Å². The quantitative estimate of drug-likeness (QED) is 0.863. The first-order chi connectivity index (χ1) is 9.05. The minimum absolute atomic E-state index is 0.260. The number of nitrogens with zero attached hydrogens (tertiary/aromatic N) is 1. The van der Waals surface area contributed by atoms with Crippen molar-refractivity contribution in [2.75, 3.05) is 19.6 Å². The molecule has 0 aromatic heterocycles. The van der Waals surface area contributed by atoms with E-state index in [9.17, 15) is 4.79 Å². The van der Waals surface area contributed by atoms with Crippen molar-refractivity contribution in [2.45, 2.75) is 72.4 Å². The first kappa shape index (κ1) is 17.3. The Kier molecular flexibility index (Phi) is 5.87. The molecule has 0 unspecified atom stereocenters. The van der Waals surface area contributed by atoms with Crippen LogP contribution < -0.4 is 5.32 Å². The fraction of sp³-hybridized carbons (Fsp3) is 0.938. The SMILES string of the molecule is CC(C)(C)CCN1CCC(NC(=O)OC(C)(C)C)CC1. The van der Waals surface area contributed by atoms with Crippen molar-refractivity contribution in [3.63, 3.8) is 0 Å². The molecule has 1 rings (SSSR count). The van der Waals surface area contributed by atoms with Crippen LogP contribution in [0.4, 0.5) is 4.79 Å². The molecule has 4 nitrogen and oxygen atoms in total. The van der Waals surface area contributed by atoms with Crippen LogP contribution in [0.25, 0.3) is 0 Å². The maximum atomic E-state index is 11.7. The third-order valence-electron chi connectivity index (χ3n) is 3.49. The van der Waals surface area contributed by atoms with Gasteiger partial charge < -0.3 is 15.0 Å². The van der Waals surface area contributed by atoms with Crippen LogP contribution in [-0.4, -0.2) is 42.3 Å². The summed E-state index contributed by atoms with van der Waals surface area (Å²) in [6.45, 7) is 15.8. The third kappa shape index (κ3) is 7.73. The smallest absolute Gasteiger partial charge is 0.407 e. The number of alkyl carbamates (subject to hydrolysis) is 1. The Morgan fingerprint density at radius 2 is 1.70 bits per heavy atom. The summed E-state index contributed by atoms with van der Waals surface area (Å²) in [6, 6.07) is 0.260.